The first-order chi connectivity index (χ1) is 15.0. The molecule has 2 atom stereocenters. The van der Waals surface area contributed by atoms with Gasteiger partial charge >= 0.3 is 0 Å². The molecule has 0 fully saturated rings. The van der Waals surface area contributed by atoms with E-state index in [-0.39, 0.29) is 17.5 Å². The smallest absolute Gasteiger partial charge is 0.275 e. The molecule has 1 aliphatic heterocycles. The average molecular weight is 421 g/mol. The van der Waals surface area contributed by atoms with Crippen molar-refractivity contribution in [3.8, 4) is 0 Å². The highest BCUT2D eigenvalue weighted by molar-refractivity contribution is 6.02. The number of amides is 2. The van der Waals surface area contributed by atoms with Crippen molar-refractivity contribution in [2.75, 3.05) is 11.9 Å². The lowest BCUT2D eigenvalue weighted by atomic mass is 9.91. The number of nitrogens with zero attached hydrogens (tertiary/aromatic N) is 4. The number of aromatic nitrogens is 3. The van der Waals surface area contributed by atoms with Crippen LogP contribution in [0.2, 0.25) is 0 Å². The molecule has 0 aliphatic carbocycles. The van der Waals surface area contributed by atoms with Crippen molar-refractivity contribution in [3.63, 3.8) is 0 Å². The number of rotatable bonds is 5. The maximum absolute atomic E-state index is 14.5. The van der Waals surface area contributed by atoms with Crippen LogP contribution in [0.3, 0.4) is 0 Å². The molecule has 0 radical (unpaired) electrons. The van der Waals surface area contributed by atoms with E-state index in [1.54, 1.807) is 13.2 Å². The molecule has 31 heavy (non-hydrogen) atoms. The van der Waals surface area contributed by atoms with E-state index in [9.17, 15) is 14.0 Å². The Labute approximate surface area is 179 Å². The molecular weight excluding hydrogens is 397 g/mol. The first-order valence-corrected chi connectivity index (χ1v) is 10.3. The van der Waals surface area contributed by atoms with Crippen LogP contribution in [-0.2, 0) is 11.3 Å². The second-order valence-corrected chi connectivity index (χ2v) is 7.69. The zero-order valence-corrected chi connectivity index (χ0v) is 17.5. The van der Waals surface area contributed by atoms with Crippen molar-refractivity contribution >= 4 is 17.6 Å². The molecule has 0 bridgehead atoms. The minimum atomic E-state index is -0.796. The normalized spacial score (nSPS) is 18.4. The van der Waals surface area contributed by atoms with Gasteiger partial charge < -0.3 is 5.32 Å². The summed E-state index contributed by atoms with van der Waals surface area (Å²) in [6, 6.07) is 12.5. The Hall–Kier alpha value is -3.55. The third-order valence-electron chi connectivity index (χ3n) is 5.64. The van der Waals surface area contributed by atoms with Gasteiger partial charge in [-0.15, -0.1) is 0 Å². The van der Waals surface area contributed by atoms with Crippen LogP contribution in [0.4, 0.5) is 10.2 Å². The second kappa shape index (κ2) is 8.67. The summed E-state index contributed by atoms with van der Waals surface area (Å²) >= 11 is 0. The third-order valence-corrected chi connectivity index (χ3v) is 5.64. The molecule has 1 N–H and O–H groups in total. The van der Waals surface area contributed by atoms with E-state index in [2.05, 4.69) is 15.4 Å². The molecule has 0 saturated carbocycles. The summed E-state index contributed by atoms with van der Waals surface area (Å²) in [5.74, 6) is -1.07. The maximum atomic E-state index is 14.5. The van der Waals surface area contributed by atoms with Gasteiger partial charge in [-0.2, -0.15) is 5.10 Å². The third kappa shape index (κ3) is 4.19. The number of hydrogen-bond donors (Lipinski definition) is 1. The van der Waals surface area contributed by atoms with Crippen LogP contribution in [0.15, 0.2) is 54.9 Å². The Bertz CT molecular complexity index is 1100. The predicted molar refractivity (Wildman–Crippen MR) is 114 cm³/mol. The largest absolute Gasteiger partial charge is 0.339 e. The number of hydrogen-bond acceptors (Lipinski definition) is 4. The SMILES string of the molecule is CC[C@H]1C[C@@H](NC(=O)c2nn(Cc3ccccc3)cc2F)C(=O)N(C)c2ncccc21. The summed E-state index contributed by atoms with van der Waals surface area (Å²) in [5.41, 5.74) is 1.59. The zero-order valence-electron chi connectivity index (χ0n) is 17.5. The highest BCUT2D eigenvalue weighted by Crippen LogP contribution is 2.34. The zero-order chi connectivity index (χ0) is 22.0. The molecule has 2 amide bonds. The molecule has 0 saturated heterocycles. The van der Waals surface area contributed by atoms with Crippen molar-refractivity contribution in [2.24, 2.45) is 0 Å². The molecule has 160 valence electrons. The molecule has 7 nitrogen and oxygen atoms in total. The summed E-state index contributed by atoms with van der Waals surface area (Å²) in [6.45, 7) is 2.37. The number of benzene rings is 1. The van der Waals surface area contributed by atoms with E-state index in [0.29, 0.717) is 18.8 Å². The molecule has 0 spiro atoms. The lowest BCUT2D eigenvalue weighted by Crippen LogP contribution is -2.47. The first-order valence-electron chi connectivity index (χ1n) is 10.3. The van der Waals surface area contributed by atoms with E-state index in [1.807, 2.05) is 49.4 Å². The van der Waals surface area contributed by atoms with Crippen molar-refractivity contribution in [3.05, 3.63) is 77.5 Å². The average Bonchev–Trinajstić information content (AvgIpc) is 3.11. The number of pyridine rings is 1. The Morgan fingerprint density at radius 1 is 1.23 bits per heavy atom. The fourth-order valence-corrected chi connectivity index (χ4v) is 4.00. The minimum Gasteiger partial charge on any atom is -0.339 e. The predicted octanol–water partition coefficient (Wildman–Crippen LogP) is 3.12. The number of fused-ring (bicyclic) bond motifs is 1. The van der Waals surface area contributed by atoms with E-state index in [4.69, 9.17) is 0 Å². The van der Waals surface area contributed by atoms with Crippen molar-refractivity contribution < 1.29 is 14.0 Å². The topological polar surface area (TPSA) is 80.1 Å². The fourth-order valence-electron chi connectivity index (χ4n) is 4.00. The number of anilines is 1. The number of likely N-dealkylation sites (N-methyl/N-ethyl adjacent to an activating group) is 1. The summed E-state index contributed by atoms with van der Waals surface area (Å²) < 4.78 is 15.9. The Balaban J connectivity index is 1.54. The lowest BCUT2D eigenvalue weighted by Gasteiger charge is -2.21. The van der Waals surface area contributed by atoms with Gasteiger partial charge in [0.1, 0.15) is 11.9 Å². The molecule has 4 rings (SSSR count). The van der Waals surface area contributed by atoms with Crippen LogP contribution >= 0.6 is 0 Å². The van der Waals surface area contributed by atoms with Gasteiger partial charge in [0.15, 0.2) is 11.5 Å². The van der Waals surface area contributed by atoms with Crippen LogP contribution in [0.1, 0.15) is 47.3 Å². The lowest BCUT2D eigenvalue weighted by molar-refractivity contribution is -0.120. The van der Waals surface area contributed by atoms with Gasteiger partial charge in [0, 0.05) is 13.2 Å². The van der Waals surface area contributed by atoms with Gasteiger partial charge in [0.05, 0.1) is 12.7 Å². The summed E-state index contributed by atoms with van der Waals surface area (Å²) in [6.07, 6.45) is 4.03. The Kier molecular flexibility index (Phi) is 5.79. The summed E-state index contributed by atoms with van der Waals surface area (Å²) in [4.78, 5) is 31.7. The van der Waals surface area contributed by atoms with E-state index in [1.165, 1.54) is 15.8 Å². The van der Waals surface area contributed by atoms with E-state index >= 15 is 0 Å². The molecule has 1 aliphatic rings. The fraction of sp³-hybridized carbons (Fsp3) is 0.304. The Morgan fingerprint density at radius 3 is 2.74 bits per heavy atom. The van der Waals surface area contributed by atoms with Crippen LogP contribution in [0.25, 0.3) is 0 Å². The van der Waals surface area contributed by atoms with Gasteiger partial charge in [0.25, 0.3) is 5.91 Å². The first kappa shape index (κ1) is 20.7. The molecule has 3 heterocycles. The number of carbonyl (C=O) groups is 2. The number of halogens is 1. The number of nitrogens with one attached hydrogen (secondary N) is 1. The molecule has 1 aromatic carbocycles. The summed E-state index contributed by atoms with van der Waals surface area (Å²) in [5, 5.41) is 6.81. The van der Waals surface area contributed by atoms with Gasteiger partial charge in [-0.1, -0.05) is 43.3 Å². The minimum absolute atomic E-state index is 0.0448. The molecular formula is C23H24FN5O2. The molecule has 0 unspecified atom stereocenters. The van der Waals surface area contributed by atoms with E-state index < -0.39 is 17.8 Å². The van der Waals surface area contributed by atoms with Gasteiger partial charge in [-0.3, -0.25) is 19.2 Å². The monoisotopic (exact) mass is 421 g/mol. The van der Waals surface area contributed by atoms with Gasteiger partial charge in [-0.05, 0) is 36.0 Å². The molecule has 3 aromatic rings. The van der Waals surface area contributed by atoms with Crippen LogP contribution < -0.4 is 10.2 Å². The Morgan fingerprint density at radius 2 is 2.00 bits per heavy atom. The second-order valence-electron chi connectivity index (χ2n) is 7.69. The standard InChI is InChI=1S/C23H24FN5O2/c1-3-16-12-19(23(31)28(2)21-17(16)10-7-11-25-21)26-22(30)20-18(24)14-29(27-20)13-15-8-5-4-6-9-15/h4-11,14,16,19H,3,12-13H2,1-2H3,(H,26,30)/t16-,19+/m0/s1. The summed E-state index contributed by atoms with van der Waals surface area (Å²) in [7, 11) is 1.64. The molecule has 2 aromatic heterocycles. The maximum Gasteiger partial charge on any atom is 0.275 e. The van der Waals surface area contributed by atoms with Crippen LogP contribution in [-0.4, -0.2) is 39.7 Å². The van der Waals surface area contributed by atoms with Gasteiger partial charge in [0.2, 0.25) is 5.91 Å². The highest BCUT2D eigenvalue weighted by Gasteiger charge is 2.35. The van der Waals surface area contributed by atoms with Crippen molar-refractivity contribution in [2.45, 2.75) is 38.3 Å². The van der Waals surface area contributed by atoms with Crippen LogP contribution in [0, 0.1) is 5.82 Å². The number of carbonyl (C=O) groups excluding carboxylic acids is 2. The van der Waals surface area contributed by atoms with E-state index in [0.717, 1.165) is 17.5 Å². The van der Waals surface area contributed by atoms with Gasteiger partial charge in [-0.25, -0.2) is 9.37 Å². The van der Waals surface area contributed by atoms with Crippen molar-refractivity contribution in [1.82, 2.24) is 20.1 Å². The molecule has 8 heteroatoms. The van der Waals surface area contributed by atoms with Crippen LogP contribution in [0.5, 0.6) is 0 Å². The quantitative estimate of drug-likeness (QED) is 0.687. The highest BCUT2D eigenvalue weighted by atomic mass is 19.1. The van der Waals surface area contributed by atoms with Crippen molar-refractivity contribution in [1.29, 1.82) is 0 Å².